The van der Waals surface area contributed by atoms with Gasteiger partial charge in [-0.1, -0.05) is 29.8 Å². The van der Waals surface area contributed by atoms with E-state index in [1.165, 1.54) is 5.56 Å². The molecule has 1 aliphatic heterocycles. The van der Waals surface area contributed by atoms with Crippen LogP contribution in [0.25, 0.3) is 11.5 Å². The highest BCUT2D eigenvalue weighted by Crippen LogP contribution is 2.20. The Hall–Kier alpha value is -1.72. The van der Waals surface area contributed by atoms with Crippen LogP contribution in [0.1, 0.15) is 24.7 Å². The van der Waals surface area contributed by atoms with E-state index >= 15 is 0 Å². The quantitative estimate of drug-likeness (QED) is 0.937. The third kappa shape index (κ3) is 3.31. The van der Waals surface area contributed by atoms with Crippen molar-refractivity contribution in [3.05, 3.63) is 35.7 Å². The molecular weight excluding hydrogens is 264 g/mol. The first-order chi connectivity index (χ1) is 10.1. The van der Waals surface area contributed by atoms with Gasteiger partial charge in [-0.15, -0.1) is 0 Å². The molecule has 5 nitrogen and oxygen atoms in total. The Morgan fingerprint density at radius 2 is 2.29 bits per heavy atom. The minimum atomic E-state index is 0.314. The smallest absolute Gasteiger partial charge is 0.257 e. The number of aryl methyl sites for hydroxylation is 1. The molecule has 0 spiro atoms. The Kier molecular flexibility index (Phi) is 4.03. The lowest BCUT2D eigenvalue weighted by Gasteiger charge is -2.34. The molecule has 2 unspecified atom stereocenters. The van der Waals surface area contributed by atoms with Crippen molar-refractivity contribution in [3.63, 3.8) is 0 Å². The average Bonchev–Trinajstić information content (AvgIpc) is 2.91. The lowest BCUT2D eigenvalue weighted by atomic mass is 9.95. The number of piperidine rings is 1. The van der Waals surface area contributed by atoms with Crippen LogP contribution in [0.3, 0.4) is 0 Å². The van der Waals surface area contributed by atoms with E-state index < -0.39 is 0 Å². The first-order valence-corrected chi connectivity index (χ1v) is 7.49. The summed E-state index contributed by atoms with van der Waals surface area (Å²) in [5.74, 6) is 1.85. The van der Waals surface area contributed by atoms with Gasteiger partial charge in [-0.25, -0.2) is 0 Å². The molecular formula is C16H22N4O. The summed E-state index contributed by atoms with van der Waals surface area (Å²) < 4.78 is 5.38. The second-order valence-electron chi connectivity index (χ2n) is 6.05. The molecule has 21 heavy (non-hydrogen) atoms. The predicted octanol–water partition coefficient (Wildman–Crippen LogP) is 2.21. The molecule has 3 rings (SSSR count). The van der Waals surface area contributed by atoms with Crippen molar-refractivity contribution in [2.75, 3.05) is 13.1 Å². The van der Waals surface area contributed by atoms with Gasteiger partial charge >= 0.3 is 0 Å². The fourth-order valence-corrected chi connectivity index (χ4v) is 2.81. The van der Waals surface area contributed by atoms with Gasteiger partial charge in [-0.2, -0.15) is 4.98 Å². The number of hydrogen-bond acceptors (Lipinski definition) is 5. The van der Waals surface area contributed by atoms with E-state index in [9.17, 15) is 0 Å². The van der Waals surface area contributed by atoms with Gasteiger partial charge in [0, 0.05) is 24.7 Å². The molecule has 1 aromatic carbocycles. The molecule has 2 heterocycles. The second kappa shape index (κ2) is 5.95. The molecule has 1 aromatic heterocycles. The van der Waals surface area contributed by atoms with Gasteiger partial charge in [-0.05, 0) is 31.4 Å². The van der Waals surface area contributed by atoms with Crippen LogP contribution in [-0.2, 0) is 6.54 Å². The van der Waals surface area contributed by atoms with Crippen LogP contribution in [0.2, 0.25) is 0 Å². The van der Waals surface area contributed by atoms with E-state index in [2.05, 4.69) is 41.0 Å². The van der Waals surface area contributed by atoms with Crippen molar-refractivity contribution in [1.29, 1.82) is 0 Å². The summed E-state index contributed by atoms with van der Waals surface area (Å²) in [5, 5.41) is 4.10. The zero-order valence-corrected chi connectivity index (χ0v) is 12.6. The Labute approximate surface area is 125 Å². The second-order valence-corrected chi connectivity index (χ2v) is 6.05. The van der Waals surface area contributed by atoms with E-state index in [1.54, 1.807) is 0 Å². The Morgan fingerprint density at radius 1 is 1.43 bits per heavy atom. The molecule has 0 aliphatic carbocycles. The highest BCUT2D eigenvalue weighted by molar-refractivity contribution is 5.53. The van der Waals surface area contributed by atoms with Crippen LogP contribution in [0.15, 0.2) is 28.8 Å². The van der Waals surface area contributed by atoms with Gasteiger partial charge in [-0.3, -0.25) is 4.90 Å². The fraction of sp³-hybridized carbons (Fsp3) is 0.500. The predicted molar refractivity (Wildman–Crippen MR) is 81.5 cm³/mol. The monoisotopic (exact) mass is 286 g/mol. The van der Waals surface area contributed by atoms with Crippen LogP contribution < -0.4 is 5.73 Å². The largest absolute Gasteiger partial charge is 0.334 e. The molecule has 0 saturated carbocycles. The van der Waals surface area contributed by atoms with Crippen LogP contribution >= 0.6 is 0 Å². The van der Waals surface area contributed by atoms with Crippen LogP contribution in [0.4, 0.5) is 0 Å². The number of likely N-dealkylation sites (tertiary alicyclic amines) is 1. The van der Waals surface area contributed by atoms with E-state index in [4.69, 9.17) is 10.3 Å². The standard InChI is InChI=1S/C16H22N4O/c1-11-4-3-5-13(8-11)16-18-15(19-21-16)10-20-7-6-14(17)12(2)9-20/h3-5,8,12,14H,6-7,9-10,17H2,1-2H3. The molecule has 2 atom stereocenters. The van der Waals surface area contributed by atoms with Crippen LogP contribution in [0.5, 0.6) is 0 Å². The minimum Gasteiger partial charge on any atom is -0.334 e. The maximum Gasteiger partial charge on any atom is 0.257 e. The van der Waals surface area contributed by atoms with Gasteiger partial charge in [0.15, 0.2) is 5.82 Å². The molecule has 1 fully saturated rings. The highest BCUT2D eigenvalue weighted by Gasteiger charge is 2.24. The molecule has 112 valence electrons. The molecule has 2 aromatic rings. The van der Waals surface area contributed by atoms with E-state index in [0.29, 0.717) is 17.9 Å². The van der Waals surface area contributed by atoms with Gasteiger partial charge in [0.2, 0.25) is 0 Å². The summed E-state index contributed by atoms with van der Waals surface area (Å²) >= 11 is 0. The number of rotatable bonds is 3. The van der Waals surface area contributed by atoms with Gasteiger partial charge in [0.25, 0.3) is 5.89 Å². The van der Waals surface area contributed by atoms with Crippen molar-refractivity contribution in [2.45, 2.75) is 32.9 Å². The SMILES string of the molecule is Cc1cccc(-c2nc(CN3CCC(N)C(C)C3)no2)c1. The molecule has 1 aliphatic rings. The van der Waals surface area contributed by atoms with E-state index in [0.717, 1.165) is 37.4 Å². The van der Waals surface area contributed by atoms with Gasteiger partial charge in [0.05, 0.1) is 6.54 Å². The summed E-state index contributed by atoms with van der Waals surface area (Å²) in [5.41, 5.74) is 8.21. The minimum absolute atomic E-state index is 0.314. The Morgan fingerprint density at radius 3 is 3.05 bits per heavy atom. The Bertz CT molecular complexity index is 610. The summed E-state index contributed by atoms with van der Waals surface area (Å²) in [6, 6.07) is 8.42. The number of hydrogen-bond donors (Lipinski definition) is 1. The zero-order valence-electron chi connectivity index (χ0n) is 12.6. The van der Waals surface area contributed by atoms with E-state index in [1.807, 2.05) is 12.1 Å². The summed E-state index contributed by atoms with van der Waals surface area (Å²) in [4.78, 5) is 6.86. The molecule has 0 bridgehead atoms. The summed E-state index contributed by atoms with van der Waals surface area (Å²) in [6.45, 7) is 6.98. The van der Waals surface area contributed by atoms with Crippen molar-refractivity contribution >= 4 is 0 Å². The lowest BCUT2D eigenvalue weighted by Crippen LogP contribution is -2.45. The normalized spacial score (nSPS) is 23.4. The summed E-state index contributed by atoms with van der Waals surface area (Å²) in [7, 11) is 0. The zero-order chi connectivity index (χ0) is 14.8. The van der Waals surface area contributed by atoms with Crippen LogP contribution in [-0.4, -0.2) is 34.2 Å². The summed E-state index contributed by atoms with van der Waals surface area (Å²) in [6.07, 6.45) is 1.03. The van der Waals surface area contributed by atoms with Gasteiger partial charge < -0.3 is 10.3 Å². The molecule has 0 radical (unpaired) electrons. The van der Waals surface area contributed by atoms with Crippen LogP contribution in [0, 0.1) is 12.8 Å². The Balaban J connectivity index is 1.68. The third-order valence-electron chi connectivity index (χ3n) is 4.15. The maximum absolute atomic E-state index is 6.05. The van der Waals surface area contributed by atoms with E-state index in [-0.39, 0.29) is 0 Å². The first-order valence-electron chi connectivity index (χ1n) is 7.49. The third-order valence-corrected chi connectivity index (χ3v) is 4.15. The number of nitrogens with two attached hydrogens (primary N) is 1. The molecule has 0 amide bonds. The average molecular weight is 286 g/mol. The van der Waals surface area contributed by atoms with Crippen molar-refractivity contribution in [2.24, 2.45) is 11.7 Å². The topological polar surface area (TPSA) is 68.2 Å². The maximum atomic E-state index is 6.05. The number of benzene rings is 1. The van der Waals surface area contributed by atoms with Crippen molar-refractivity contribution in [3.8, 4) is 11.5 Å². The molecule has 2 N–H and O–H groups in total. The van der Waals surface area contributed by atoms with Gasteiger partial charge in [0.1, 0.15) is 0 Å². The molecule has 1 saturated heterocycles. The molecule has 5 heteroatoms. The number of aromatic nitrogens is 2. The van der Waals surface area contributed by atoms with Crippen molar-refractivity contribution < 1.29 is 4.52 Å². The first kappa shape index (κ1) is 14.2. The highest BCUT2D eigenvalue weighted by atomic mass is 16.5. The fourth-order valence-electron chi connectivity index (χ4n) is 2.81. The van der Waals surface area contributed by atoms with Crippen molar-refractivity contribution in [1.82, 2.24) is 15.0 Å². The number of nitrogens with zero attached hydrogens (tertiary/aromatic N) is 3. The lowest BCUT2D eigenvalue weighted by molar-refractivity contribution is 0.153.